The molecule has 1 aliphatic rings. The van der Waals surface area contributed by atoms with Gasteiger partial charge in [0.2, 0.25) is 0 Å². The fourth-order valence-corrected chi connectivity index (χ4v) is 4.90. The Kier molecular flexibility index (Phi) is 12.5. The van der Waals surface area contributed by atoms with Crippen molar-refractivity contribution in [2.24, 2.45) is 0 Å². The zero-order valence-corrected chi connectivity index (χ0v) is 15.2. The van der Waals surface area contributed by atoms with Crippen LogP contribution in [0.3, 0.4) is 0 Å². The van der Waals surface area contributed by atoms with Crippen molar-refractivity contribution in [2.75, 3.05) is 11.5 Å². The van der Waals surface area contributed by atoms with Gasteiger partial charge in [0.05, 0.1) is 0 Å². The average molecular weight is 315 g/mol. The van der Waals surface area contributed by atoms with E-state index in [9.17, 15) is 0 Å². The first-order chi connectivity index (χ1) is 9.86. The third kappa shape index (κ3) is 9.60. The molecule has 0 bridgehead atoms. The Balaban J connectivity index is 1.91. The Bertz CT molecular complexity index is 176. The molecule has 0 heterocycles. The highest BCUT2D eigenvalue weighted by atomic mass is 32.2. The topological polar surface area (TPSA) is 0 Å². The van der Waals surface area contributed by atoms with E-state index in [1.54, 1.807) is 0 Å². The molecule has 1 aliphatic carbocycles. The number of hydrogen-bond acceptors (Lipinski definition) is 2. The molecule has 0 nitrogen and oxygen atoms in total. The van der Waals surface area contributed by atoms with Gasteiger partial charge in [0.15, 0.2) is 0 Å². The quantitative estimate of drug-likeness (QED) is 0.374. The van der Waals surface area contributed by atoms with Gasteiger partial charge in [0.25, 0.3) is 0 Å². The zero-order valence-electron chi connectivity index (χ0n) is 13.6. The minimum atomic E-state index is 0.813. The normalized spacial score (nSPS) is 23.1. The van der Waals surface area contributed by atoms with Crippen LogP contribution >= 0.6 is 23.5 Å². The molecule has 0 aromatic carbocycles. The van der Waals surface area contributed by atoms with Crippen molar-refractivity contribution >= 4 is 23.5 Å². The van der Waals surface area contributed by atoms with Gasteiger partial charge in [-0.1, -0.05) is 52.4 Å². The Morgan fingerprint density at radius 1 is 0.700 bits per heavy atom. The summed E-state index contributed by atoms with van der Waals surface area (Å²) in [4.78, 5) is 0. The molecular weight excluding hydrogens is 280 g/mol. The lowest BCUT2D eigenvalue weighted by Crippen LogP contribution is -2.20. The smallest absolute Gasteiger partial charge is 0.00819 e. The van der Waals surface area contributed by atoms with Crippen LogP contribution in [0.4, 0.5) is 0 Å². The monoisotopic (exact) mass is 314 g/mol. The van der Waals surface area contributed by atoms with Gasteiger partial charge in [-0.2, -0.15) is 23.5 Å². The van der Waals surface area contributed by atoms with Crippen molar-refractivity contribution in [3.8, 4) is 0 Å². The second-order valence-electron chi connectivity index (χ2n) is 5.88. The van der Waals surface area contributed by atoms with E-state index in [0.717, 1.165) is 10.5 Å². The molecule has 0 saturated heterocycles. The van der Waals surface area contributed by atoms with Crippen LogP contribution in [0.15, 0.2) is 0 Å². The van der Waals surface area contributed by atoms with E-state index >= 15 is 0 Å². The van der Waals surface area contributed by atoms with Gasteiger partial charge >= 0.3 is 0 Å². The molecule has 2 radical (unpaired) electrons. The first kappa shape index (κ1) is 18.7. The minimum absolute atomic E-state index is 0.813. The van der Waals surface area contributed by atoms with Crippen molar-refractivity contribution < 1.29 is 0 Å². The fraction of sp³-hybridized carbons (Fsp3) is 0.889. The van der Waals surface area contributed by atoms with Crippen LogP contribution in [0.2, 0.25) is 0 Å². The molecule has 0 aliphatic heterocycles. The maximum absolute atomic E-state index is 2.59. The maximum atomic E-state index is 2.59. The van der Waals surface area contributed by atoms with E-state index in [1.165, 1.54) is 75.7 Å². The zero-order chi connectivity index (χ0) is 14.5. The van der Waals surface area contributed by atoms with Crippen LogP contribution in [0.25, 0.3) is 0 Å². The summed E-state index contributed by atoms with van der Waals surface area (Å²) in [5, 5.41) is 1.63. The molecule has 2 unspecified atom stereocenters. The molecule has 118 valence electrons. The van der Waals surface area contributed by atoms with Gasteiger partial charge in [-0.3, -0.25) is 0 Å². The number of unbranched alkanes of at least 4 members (excludes halogenated alkanes) is 6. The van der Waals surface area contributed by atoms with E-state index in [4.69, 9.17) is 0 Å². The number of thioether (sulfide) groups is 2. The van der Waals surface area contributed by atoms with Crippen molar-refractivity contribution in [1.29, 1.82) is 0 Å². The Morgan fingerprint density at radius 3 is 1.50 bits per heavy atom. The molecular formula is C18H34S2. The SMILES string of the molecule is CCCCCCSC1[CH]CC(SCCCCCC)[CH]C1. The fourth-order valence-electron chi connectivity index (χ4n) is 2.56. The van der Waals surface area contributed by atoms with Crippen molar-refractivity contribution in [2.45, 2.75) is 88.6 Å². The molecule has 0 amide bonds. The standard InChI is InChI=1S/C18H34S2/c1-3-5-7-9-15-19-17-11-13-18(14-12-17)20-16-10-8-6-4-2/h11,14,17-18H,3-10,12-13,15-16H2,1-2H3. The maximum Gasteiger partial charge on any atom is 0.00819 e. The van der Waals surface area contributed by atoms with Crippen molar-refractivity contribution in [1.82, 2.24) is 0 Å². The Labute approximate surface area is 136 Å². The molecule has 0 aromatic rings. The van der Waals surface area contributed by atoms with Gasteiger partial charge in [0.1, 0.15) is 0 Å². The van der Waals surface area contributed by atoms with Gasteiger partial charge < -0.3 is 0 Å². The van der Waals surface area contributed by atoms with E-state index in [-0.39, 0.29) is 0 Å². The molecule has 2 atom stereocenters. The van der Waals surface area contributed by atoms with Gasteiger partial charge in [-0.05, 0) is 50.0 Å². The summed E-state index contributed by atoms with van der Waals surface area (Å²) in [5.74, 6) is 2.73. The number of rotatable bonds is 12. The summed E-state index contributed by atoms with van der Waals surface area (Å²) in [6, 6.07) is 0. The van der Waals surface area contributed by atoms with E-state index in [2.05, 4.69) is 50.2 Å². The van der Waals surface area contributed by atoms with Crippen LogP contribution < -0.4 is 0 Å². The van der Waals surface area contributed by atoms with Gasteiger partial charge in [-0.15, -0.1) is 0 Å². The minimum Gasteiger partial charge on any atom is -0.158 e. The number of hydrogen-bond donors (Lipinski definition) is 0. The highest BCUT2D eigenvalue weighted by molar-refractivity contribution is 8.00. The van der Waals surface area contributed by atoms with Crippen LogP contribution in [0, 0.1) is 12.8 Å². The van der Waals surface area contributed by atoms with Crippen molar-refractivity contribution in [3.05, 3.63) is 12.8 Å². The molecule has 1 fully saturated rings. The highest BCUT2D eigenvalue weighted by Crippen LogP contribution is 2.33. The van der Waals surface area contributed by atoms with E-state index in [1.807, 2.05) is 0 Å². The average Bonchev–Trinajstić information content (AvgIpc) is 2.48. The third-order valence-electron chi connectivity index (χ3n) is 3.92. The molecule has 0 aromatic heterocycles. The lowest BCUT2D eigenvalue weighted by molar-refractivity contribution is 0.698. The summed E-state index contributed by atoms with van der Waals surface area (Å²) in [5.41, 5.74) is 0. The second-order valence-corrected chi connectivity index (χ2v) is 8.58. The third-order valence-corrected chi connectivity index (χ3v) is 6.60. The predicted octanol–water partition coefficient (Wildman–Crippen LogP) is 6.55. The molecule has 1 rings (SSSR count). The molecule has 20 heavy (non-hydrogen) atoms. The lowest BCUT2D eigenvalue weighted by Gasteiger charge is -2.27. The van der Waals surface area contributed by atoms with Crippen LogP contribution in [-0.4, -0.2) is 22.0 Å². The summed E-state index contributed by atoms with van der Waals surface area (Å²) >= 11 is 4.38. The van der Waals surface area contributed by atoms with Gasteiger partial charge in [0, 0.05) is 10.5 Å². The summed E-state index contributed by atoms with van der Waals surface area (Å²) in [6.07, 6.45) is 19.0. The highest BCUT2D eigenvalue weighted by Gasteiger charge is 2.21. The summed E-state index contributed by atoms with van der Waals surface area (Å²) < 4.78 is 0. The first-order valence-corrected chi connectivity index (χ1v) is 10.9. The molecule has 0 spiro atoms. The largest absolute Gasteiger partial charge is 0.158 e. The van der Waals surface area contributed by atoms with Crippen molar-refractivity contribution in [3.63, 3.8) is 0 Å². The van der Waals surface area contributed by atoms with Crippen LogP contribution in [0.1, 0.15) is 78.1 Å². The molecule has 0 N–H and O–H groups in total. The van der Waals surface area contributed by atoms with Crippen LogP contribution in [-0.2, 0) is 0 Å². The molecule has 2 heteroatoms. The van der Waals surface area contributed by atoms with Crippen LogP contribution in [0.5, 0.6) is 0 Å². The Hall–Kier alpha value is 0.700. The van der Waals surface area contributed by atoms with E-state index in [0.29, 0.717) is 0 Å². The Morgan fingerprint density at radius 2 is 1.15 bits per heavy atom. The first-order valence-electron chi connectivity index (χ1n) is 8.76. The predicted molar refractivity (Wildman–Crippen MR) is 98.6 cm³/mol. The summed E-state index contributed by atoms with van der Waals surface area (Å²) in [6.45, 7) is 4.58. The van der Waals surface area contributed by atoms with Gasteiger partial charge in [-0.25, -0.2) is 0 Å². The summed E-state index contributed by atoms with van der Waals surface area (Å²) in [7, 11) is 0. The van der Waals surface area contributed by atoms with E-state index < -0.39 is 0 Å². The second kappa shape index (κ2) is 13.4. The lowest BCUT2D eigenvalue weighted by atomic mass is 10.00. The molecule has 1 saturated carbocycles.